The Morgan fingerprint density at radius 3 is 2.92 bits per heavy atom. The molecule has 3 fully saturated rings. The largest absolute Gasteiger partial charge is 0.402 e. The summed E-state index contributed by atoms with van der Waals surface area (Å²) < 4.78 is 5.53. The second-order valence-corrected chi connectivity index (χ2v) is 3.25. The molecule has 0 aromatic carbocycles. The van der Waals surface area contributed by atoms with Gasteiger partial charge in [0.2, 0.25) is 0 Å². The van der Waals surface area contributed by atoms with E-state index in [2.05, 4.69) is 17.6 Å². The minimum Gasteiger partial charge on any atom is -0.402 e. The Labute approximate surface area is 71.8 Å². The highest BCUT2D eigenvalue weighted by Gasteiger charge is 2.41. The third-order valence-corrected chi connectivity index (χ3v) is 2.50. The van der Waals surface area contributed by atoms with Crippen LogP contribution in [0.1, 0.15) is 19.3 Å². The van der Waals surface area contributed by atoms with E-state index in [1.54, 1.807) is 0 Å². The fourth-order valence-electron chi connectivity index (χ4n) is 1.81. The molecule has 3 atom stereocenters. The summed E-state index contributed by atoms with van der Waals surface area (Å²) in [7, 11) is 0. The van der Waals surface area contributed by atoms with Gasteiger partial charge < -0.3 is 9.57 Å². The lowest BCUT2D eigenvalue weighted by Crippen LogP contribution is -2.58. The van der Waals surface area contributed by atoms with E-state index in [4.69, 9.17) is 9.57 Å². The molecule has 2 N–H and O–H groups in total. The summed E-state index contributed by atoms with van der Waals surface area (Å²) >= 11 is 0. The smallest absolute Gasteiger partial charge is 0.105 e. The number of hydrogen-bond donors (Lipinski definition) is 2. The molecule has 0 aromatic heterocycles. The van der Waals surface area contributed by atoms with Crippen LogP contribution in [0.2, 0.25) is 0 Å². The van der Waals surface area contributed by atoms with Gasteiger partial charge in [0, 0.05) is 6.42 Å². The van der Waals surface area contributed by atoms with Crippen molar-refractivity contribution < 1.29 is 9.57 Å². The van der Waals surface area contributed by atoms with Crippen molar-refractivity contribution >= 4 is 0 Å². The first-order chi connectivity index (χ1) is 5.90. The number of hydrogen-bond acceptors (Lipinski definition) is 4. The predicted molar refractivity (Wildman–Crippen MR) is 43.9 cm³/mol. The fourth-order valence-corrected chi connectivity index (χ4v) is 1.81. The van der Waals surface area contributed by atoms with E-state index >= 15 is 0 Å². The summed E-state index contributed by atoms with van der Waals surface area (Å²) in [6.45, 7) is 3.42. The molecule has 12 heavy (non-hydrogen) atoms. The third-order valence-electron chi connectivity index (χ3n) is 2.50. The Kier molecular flexibility index (Phi) is 2.30. The zero-order valence-electron chi connectivity index (χ0n) is 6.95. The molecule has 2 aliphatic heterocycles. The lowest BCUT2D eigenvalue weighted by atomic mass is 9.85. The molecule has 2 saturated heterocycles. The zero-order valence-corrected chi connectivity index (χ0v) is 6.95. The molecule has 0 radical (unpaired) electrons. The highest BCUT2D eigenvalue weighted by atomic mass is 16.7. The molecule has 0 aromatic rings. The predicted octanol–water partition coefficient (Wildman–Crippen LogP) is 0.476. The highest BCUT2D eigenvalue weighted by Crippen LogP contribution is 2.34. The average Bonchev–Trinajstić information content (AvgIpc) is 2.04. The number of fused-ring (bicyclic) bond motifs is 2. The first-order valence-electron chi connectivity index (χ1n) is 4.32. The molecule has 68 valence electrons. The molecule has 4 nitrogen and oxygen atoms in total. The molecule has 1 aliphatic carbocycles. The van der Waals surface area contributed by atoms with E-state index in [0.717, 1.165) is 12.8 Å². The Hall–Kier alpha value is -0.580. The van der Waals surface area contributed by atoms with E-state index in [-0.39, 0.29) is 0 Å². The lowest BCUT2D eigenvalue weighted by Gasteiger charge is -2.46. The first-order valence-corrected chi connectivity index (χ1v) is 4.32. The second-order valence-electron chi connectivity index (χ2n) is 3.25. The van der Waals surface area contributed by atoms with Crippen molar-refractivity contribution in [3.05, 3.63) is 12.8 Å². The number of nitrogens with one attached hydrogen (secondary N) is 2. The average molecular weight is 170 g/mol. The summed E-state index contributed by atoms with van der Waals surface area (Å²) in [6.07, 6.45) is 5.76. The molecule has 3 unspecified atom stereocenters. The molecule has 4 heteroatoms. The van der Waals surface area contributed by atoms with Crippen LogP contribution in [0.5, 0.6) is 0 Å². The Morgan fingerprint density at radius 2 is 2.33 bits per heavy atom. The molecule has 0 amide bonds. The monoisotopic (exact) mass is 170 g/mol. The van der Waals surface area contributed by atoms with Crippen LogP contribution < -0.4 is 11.0 Å². The Bertz CT molecular complexity index is 166. The molecule has 2 bridgehead atoms. The van der Waals surface area contributed by atoms with Crippen molar-refractivity contribution in [3.8, 4) is 0 Å². The lowest BCUT2D eigenvalue weighted by molar-refractivity contribution is -0.178. The van der Waals surface area contributed by atoms with E-state index in [1.807, 2.05) is 0 Å². The van der Waals surface area contributed by atoms with E-state index < -0.39 is 0 Å². The molecule has 3 rings (SSSR count). The maximum Gasteiger partial charge on any atom is 0.105 e. The molecule has 2 heterocycles. The normalized spacial score (nSPS) is 38.5. The van der Waals surface area contributed by atoms with Crippen LogP contribution in [0, 0.1) is 0 Å². The van der Waals surface area contributed by atoms with Gasteiger partial charge in [-0.2, -0.15) is 0 Å². The van der Waals surface area contributed by atoms with Crippen molar-refractivity contribution in [2.24, 2.45) is 0 Å². The minimum absolute atomic E-state index is 0.379. The van der Waals surface area contributed by atoms with Gasteiger partial charge >= 0.3 is 0 Å². The summed E-state index contributed by atoms with van der Waals surface area (Å²) in [5, 5.41) is 0. The van der Waals surface area contributed by atoms with Gasteiger partial charge in [0.05, 0.1) is 18.2 Å². The SMILES string of the molecule is C=CONNC1CCC2CC1O2. The van der Waals surface area contributed by atoms with Crippen LogP contribution in [0.4, 0.5) is 0 Å². The maximum absolute atomic E-state index is 5.53. The fraction of sp³-hybridized carbons (Fsp3) is 0.750. The Balaban J connectivity index is 1.69. The van der Waals surface area contributed by atoms with Gasteiger partial charge in [-0.1, -0.05) is 12.2 Å². The maximum atomic E-state index is 5.53. The minimum atomic E-state index is 0.379. The summed E-state index contributed by atoms with van der Waals surface area (Å²) in [5.41, 5.74) is 5.65. The van der Waals surface area contributed by atoms with Gasteiger partial charge in [-0.05, 0) is 12.8 Å². The Morgan fingerprint density at radius 1 is 1.50 bits per heavy atom. The van der Waals surface area contributed by atoms with E-state index in [0.29, 0.717) is 18.2 Å². The molecular weight excluding hydrogens is 156 g/mol. The highest BCUT2D eigenvalue weighted by molar-refractivity contribution is 4.92. The van der Waals surface area contributed by atoms with E-state index in [9.17, 15) is 0 Å². The topological polar surface area (TPSA) is 42.5 Å². The van der Waals surface area contributed by atoms with Gasteiger partial charge in [-0.3, -0.25) is 0 Å². The number of ether oxygens (including phenoxy) is 1. The third kappa shape index (κ3) is 1.46. The zero-order chi connectivity index (χ0) is 8.39. The molecular formula is C8H14N2O2. The summed E-state index contributed by atoms with van der Waals surface area (Å²) in [4.78, 5) is 4.75. The van der Waals surface area contributed by atoms with Gasteiger partial charge in [0.1, 0.15) is 6.26 Å². The van der Waals surface area contributed by atoms with Crippen molar-refractivity contribution in [3.63, 3.8) is 0 Å². The van der Waals surface area contributed by atoms with Crippen LogP contribution >= 0.6 is 0 Å². The number of hydrazine groups is 1. The quantitative estimate of drug-likeness (QED) is 0.366. The van der Waals surface area contributed by atoms with Crippen LogP contribution in [-0.2, 0) is 9.57 Å². The van der Waals surface area contributed by atoms with E-state index in [1.165, 1.54) is 12.7 Å². The van der Waals surface area contributed by atoms with Crippen LogP contribution in [0.3, 0.4) is 0 Å². The van der Waals surface area contributed by atoms with Crippen molar-refractivity contribution in [2.75, 3.05) is 0 Å². The van der Waals surface area contributed by atoms with Crippen molar-refractivity contribution in [1.82, 2.24) is 11.0 Å². The number of rotatable bonds is 4. The van der Waals surface area contributed by atoms with Crippen molar-refractivity contribution in [1.29, 1.82) is 0 Å². The van der Waals surface area contributed by atoms with Crippen LogP contribution in [-0.4, -0.2) is 18.2 Å². The van der Waals surface area contributed by atoms with Gasteiger partial charge in [0.15, 0.2) is 0 Å². The summed E-state index contributed by atoms with van der Waals surface area (Å²) in [5.74, 6) is 0. The molecule has 0 spiro atoms. The van der Waals surface area contributed by atoms with Gasteiger partial charge in [0.25, 0.3) is 0 Å². The van der Waals surface area contributed by atoms with Crippen LogP contribution in [0.15, 0.2) is 12.8 Å². The molecule has 1 saturated carbocycles. The van der Waals surface area contributed by atoms with Gasteiger partial charge in [-0.25, -0.2) is 5.43 Å². The van der Waals surface area contributed by atoms with Crippen molar-refractivity contribution in [2.45, 2.75) is 37.5 Å². The van der Waals surface area contributed by atoms with Gasteiger partial charge in [-0.15, -0.1) is 0 Å². The first kappa shape index (κ1) is 8.04. The standard InChI is InChI=1S/C8H14N2O2/c1-2-11-10-9-7-4-3-6-5-8(7)12-6/h2,6-10H,1,3-5H2. The molecule has 3 aliphatic rings. The van der Waals surface area contributed by atoms with Crippen LogP contribution in [0.25, 0.3) is 0 Å². The second kappa shape index (κ2) is 3.43. The summed E-state index contributed by atoms with van der Waals surface area (Å²) in [6, 6.07) is 0.384.